The van der Waals surface area contributed by atoms with Crippen molar-refractivity contribution in [1.82, 2.24) is 14.2 Å². The van der Waals surface area contributed by atoms with Crippen LogP contribution in [0.5, 0.6) is 0 Å². The van der Waals surface area contributed by atoms with E-state index in [4.69, 9.17) is 29.2 Å². The molecule has 0 aliphatic heterocycles. The maximum absolute atomic E-state index is 12.0. The van der Waals surface area contributed by atoms with Gasteiger partial charge in [-0.1, -0.05) is 0 Å². The number of fused-ring (bicyclic) bond motifs is 3. The first-order valence-electron chi connectivity index (χ1n) is 12.1. The summed E-state index contributed by atoms with van der Waals surface area (Å²) in [6, 6.07) is 0.536. The highest BCUT2D eigenvalue weighted by Gasteiger charge is 2.66. The van der Waals surface area contributed by atoms with Gasteiger partial charge in [-0.2, -0.15) is 0 Å². The van der Waals surface area contributed by atoms with Crippen LogP contribution >= 0.6 is 20.7 Å². The van der Waals surface area contributed by atoms with E-state index in [-0.39, 0.29) is 29.6 Å². The predicted octanol–water partition coefficient (Wildman–Crippen LogP) is 5.24. The van der Waals surface area contributed by atoms with Crippen LogP contribution in [0.25, 0.3) is 4.85 Å². The molecule has 0 aromatic carbocycles. The summed E-state index contributed by atoms with van der Waals surface area (Å²) in [4.78, 5) is 18.3. The number of nitrogens with zero attached hydrogens (tertiary/aromatic N) is 3. The molecular formula is C23H35N4O3PS. The van der Waals surface area contributed by atoms with Crippen LogP contribution in [0.2, 0.25) is 0 Å². The number of nitrogens with one attached hydrogen (secondary N) is 1. The zero-order valence-electron chi connectivity index (χ0n) is 20.6. The van der Waals surface area contributed by atoms with Crippen LogP contribution in [0.3, 0.4) is 0 Å². The third-order valence-electron chi connectivity index (χ3n) is 7.06. The van der Waals surface area contributed by atoms with Crippen LogP contribution in [-0.2, 0) is 9.05 Å². The minimum atomic E-state index is -1.38. The molecule has 4 rings (SSSR count). The normalized spacial score (nSPS) is 34.5. The van der Waals surface area contributed by atoms with Crippen molar-refractivity contribution in [2.24, 2.45) is 17.7 Å². The fraction of sp³-hybridized carbons (Fsp3) is 0.783. The van der Waals surface area contributed by atoms with E-state index in [1.54, 1.807) is 6.92 Å². The lowest BCUT2D eigenvalue weighted by atomic mass is 9.90. The van der Waals surface area contributed by atoms with Gasteiger partial charge in [-0.25, -0.2) is 11.2 Å². The molecule has 3 aliphatic carbocycles. The third kappa shape index (κ3) is 4.48. The SMILES string of the molecule is [2H][C@]12C[C@H]1C[C@]1(OP(OCC[N+]#[C-])N(C(C)C)C(C)C)C[C@H](n3cc(C)c(=O)[nH]c3=S)C[C@@H]12. The van der Waals surface area contributed by atoms with E-state index in [2.05, 4.69) is 42.2 Å². The number of aryl methyl sites for hydroxylation is 1. The fourth-order valence-electron chi connectivity index (χ4n) is 5.74. The molecule has 9 heteroatoms. The molecule has 0 radical (unpaired) electrons. The lowest BCUT2D eigenvalue weighted by molar-refractivity contribution is 0.0137. The van der Waals surface area contributed by atoms with Gasteiger partial charge < -0.3 is 18.5 Å². The lowest BCUT2D eigenvalue weighted by Gasteiger charge is -2.42. The molecule has 7 nitrogen and oxygen atoms in total. The molecule has 1 aromatic heterocycles. The summed E-state index contributed by atoms with van der Waals surface area (Å²) in [6.45, 7) is 18.1. The predicted molar refractivity (Wildman–Crippen MR) is 129 cm³/mol. The number of H-pyrrole nitrogens is 1. The highest BCUT2D eigenvalue weighted by atomic mass is 32.1. The van der Waals surface area contributed by atoms with E-state index in [1.807, 2.05) is 10.8 Å². The average Bonchev–Trinajstić information content (AvgIpc) is 3.10. The number of aromatic amines is 1. The Morgan fingerprint density at radius 3 is 2.78 bits per heavy atom. The molecule has 1 N–H and O–H groups in total. The maximum Gasteiger partial charge on any atom is 0.260 e. The van der Waals surface area contributed by atoms with Crippen molar-refractivity contribution < 1.29 is 10.4 Å². The minimum absolute atomic E-state index is 0.0773. The topological polar surface area (TPSA) is 63.9 Å². The summed E-state index contributed by atoms with van der Waals surface area (Å²) in [7, 11) is -1.38. The third-order valence-corrected chi connectivity index (χ3v) is 9.60. The van der Waals surface area contributed by atoms with Gasteiger partial charge in [-0.3, -0.25) is 9.78 Å². The molecule has 0 amide bonds. The second kappa shape index (κ2) is 9.27. The van der Waals surface area contributed by atoms with Crippen molar-refractivity contribution in [2.45, 2.75) is 84.0 Å². The van der Waals surface area contributed by atoms with E-state index in [0.29, 0.717) is 29.4 Å². The molecule has 1 heterocycles. The molecule has 3 fully saturated rings. The fourth-order valence-corrected chi connectivity index (χ4v) is 7.89. The van der Waals surface area contributed by atoms with Crippen LogP contribution in [0.1, 0.15) is 66.4 Å². The van der Waals surface area contributed by atoms with Crippen LogP contribution in [0.15, 0.2) is 11.0 Å². The summed E-state index contributed by atoms with van der Waals surface area (Å²) >= 11 is 5.50. The summed E-state index contributed by atoms with van der Waals surface area (Å²) in [5.41, 5.74) is 0.0388. The quantitative estimate of drug-likeness (QED) is 0.227. The van der Waals surface area contributed by atoms with Gasteiger partial charge in [0.15, 0.2) is 4.77 Å². The van der Waals surface area contributed by atoms with Gasteiger partial charge in [0.1, 0.15) is 6.61 Å². The van der Waals surface area contributed by atoms with Gasteiger partial charge in [0.25, 0.3) is 14.1 Å². The number of hydrogen-bond acceptors (Lipinski definition) is 5. The first kappa shape index (κ1) is 22.7. The second-order valence-corrected chi connectivity index (χ2v) is 11.7. The Morgan fingerprint density at radius 2 is 2.12 bits per heavy atom. The van der Waals surface area contributed by atoms with Gasteiger partial charge in [0, 0.05) is 31.3 Å². The Bertz CT molecular complexity index is 1050. The van der Waals surface area contributed by atoms with E-state index in [1.165, 1.54) is 0 Å². The number of hydrogen-bond donors (Lipinski definition) is 1. The van der Waals surface area contributed by atoms with Crippen LogP contribution in [0.4, 0.5) is 0 Å². The Morgan fingerprint density at radius 1 is 1.41 bits per heavy atom. The van der Waals surface area contributed by atoms with Crippen molar-refractivity contribution in [1.29, 1.82) is 0 Å². The smallest absolute Gasteiger partial charge is 0.260 e. The molecule has 32 heavy (non-hydrogen) atoms. The van der Waals surface area contributed by atoms with Crippen molar-refractivity contribution in [3.8, 4) is 0 Å². The van der Waals surface area contributed by atoms with E-state index >= 15 is 0 Å². The monoisotopic (exact) mass is 479 g/mol. The summed E-state index contributed by atoms with van der Waals surface area (Å²) in [6.07, 6.45) is 5.21. The molecule has 6 atom stereocenters. The summed E-state index contributed by atoms with van der Waals surface area (Å²) < 4.78 is 27.1. The highest BCUT2D eigenvalue weighted by Crippen LogP contribution is 2.71. The van der Waals surface area contributed by atoms with Crippen molar-refractivity contribution in [3.05, 3.63) is 38.3 Å². The van der Waals surface area contributed by atoms with Gasteiger partial charge in [0.2, 0.25) is 6.54 Å². The largest absolute Gasteiger partial charge is 0.322 e. The van der Waals surface area contributed by atoms with Gasteiger partial charge >= 0.3 is 0 Å². The molecule has 3 aliphatic rings. The van der Waals surface area contributed by atoms with E-state index in [0.717, 1.165) is 25.7 Å². The number of rotatable bonds is 9. The van der Waals surface area contributed by atoms with Gasteiger partial charge in [-0.15, -0.1) is 0 Å². The Labute approximate surface area is 198 Å². The molecule has 1 unspecified atom stereocenters. The summed E-state index contributed by atoms with van der Waals surface area (Å²) in [5.74, 6) is 0.0387. The molecule has 0 bridgehead atoms. The van der Waals surface area contributed by atoms with Crippen molar-refractivity contribution in [2.75, 3.05) is 13.2 Å². The Kier molecular flexibility index (Phi) is 6.57. The Balaban J connectivity index is 1.66. The van der Waals surface area contributed by atoms with Crippen LogP contribution in [0, 0.1) is 36.0 Å². The second-order valence-electron chi connectivity index (χ2n) is 9.98. The molecule has 0 spiro atoms. The molecule has 176 valence electrons. The van der Waals surface area contributed by atoms with E-state index in [9.17, 15) is 4.79 Å². The van der Waals surface area contributed by atoms with Crippen LogP contribution in [-0.4, -0.2) is 45.1 Å². The van der Waals surface area contributed by atoms with Gasteiger partial charge in [0.05, 0.1) is 5.60 Å². The minimum Gasteiger partial charge on any atom is -0.322 e. The zero-order chi connectivity index (χ0) is 24.1. The van der Waals surface area contributed by atoms with Gasteiger partial charge in [-0.05, 0) is 90.2 Å². The van der Waals surface area contributed by atoms with Crippen molar-refractivity contribution >= 4 is 20.7 Å². The van der Waals surface area contributed by atoms with Crippen molar-refractivity contribution in [3.63, 3.8) is 0 Å². The standard InChI is InChI=1S/C23H35N4O3PS/c1-14(2)27(15(3)4)31(29-8-7-24-6)30-23-11-17-9-19(17)20(23)10-18(12-23)26-13-16(5)21(28)25-22(26)32/h13-15,17-20H,7-12H2,1-5H3,(H,25,28,32)/t17-,18+,19-,20+,23-,31?/m0/s1/i19D. The maximum atomic E-state index is 12.0. The first-order chi connectivity index (χ1) is 15.5. The molecule has 1 aromatic rings. The molecule has 3 saturated carbocycles. The Hall–Kier alpha value is -1.10. The first-order valence-corrected chi connectivity index (χ1v) is 13.1. The molecular weight excluding hydrogens is 443 g/mol. The van der Waals surface area contributed by atoms with E-state index < -0.39 is 20.0 Å². The van der Waals surface area contributed by atoms with Crippen LogP contribution < -0.4 is 5.56 Å². The highest BCUT2D eigenvalue weighted by molar-refractivity contribution is 7.71. The lowest BCUT2D eigenvalue weighted by Crippen LogP contribution is -2.39. The average molecular weight is 480 g/mol. The summed E-state index contributed by atoms with van der Waals surface area (Å²) in [5, 5.41) is 0. The molecule has 0 saturated heterocycles. The zero-order valence-corrected chi connectivity index (χ0v) is 21.3. The number of aromatic nitrogens is 2.